The first-order chi connectivity index (χ1) is 19.9. The van der Waals surface area contributed by atoms with Gasteiger partial charge in [0.25, 0.3) is 11.8 Å². The number of benzene rings is 3. The van der Waals surface area contributed by atoms with Crippen LogP contribution >= 0.6 is 58.0 Å². The van der Waals surface area contributed by atoms with Crippen LogP contribution in [0.5, 0.6) is 0 Å². The molecule has 3 aromatic carbocycles. The Hall–Kier alpha value is -2.66. The van der Waals surface area contributed by atoms with Gasteiger partial charge >= 0.3 is 0 Å². The van der Waals surface area contributed by atoms with Gasteiger partial charge < -0.3 is 20.7 Å². The summed E-state index contributed by atoms with van der Waals surface area (Å²) in [5, 5.41) is 7.78. The zero-order valence-electron chi connectivity index (χ0n) is 21.3. The molecule has 3 N–H and O–H groups in total. The lowest BCUT2D eigenvalue weighted by Crippen LogP contribution is -2.28. The number of ether oxygens (including phenoxy) is 1. The van der Waals surface area contributed by atoms with E-state index in [9.17, 15) is 18.8 Å². The molecule has 2 aliphatic rings. The smallest absolute Gasteiger partial charge is 0.257 e. The molecule has 2 fully saturated rings. The molecule has 0 radical (unpaired) electrons. The minimum atomic E-state index is -1.41. The van der Waals surface area contributed by atoms with Gasteiger partial charge in [-0.3, -0.25) is 14.4 Å². The summed E-state index contributed by atoms with van der Waals surface area (Å²) in [5.74, 6) is -5.73. The third-order valence-electron chi connectivity index (χ3n) is 6.93. The summed E-state index contributed by atoms with van der Waals surface area (Å²) in [4.78, 5) is 38.5. The monoisotopic (exact) mass is 675 g/mol. The third-order valence-corrected chi connectivity index (χ3v) is 8.94. The molecule has 1 aliphatic carbocycles. The van der Waals surface area contributed by atoms with Crippen LogP contribution in [0.15, 0.2) is 48.5 Å². The summed E-state index contributed by atoms with van der Waals surface area (Å²) >= 11 is 31.1. The van der Waals surface area contributed by atoms with Crippen molar-refractivity contribution in [1.29, 1.82) is 0 Å². The summed E-state index contributed by atoms with van der Waals surface area (Å²) in [6.45, 7) is 0.372. The predicted molar refractivity (Wildman–Crippen MR) is 159 cm³/mol. The van der Waals surface area contributed by atoms with Gasteiger partial charge in [0.1, 0.15) is 21.9 Å². The molecular formula is C28H20Cl5F2N3O4. The minimum Gasteiger partial charge on any atom is -0.368 e. The van der Waals surface area contributed by atoms with E-state index in [1.54, 1.807) is 18.2 Å². The molecule has 0 aromatic heterocycles. The molecule has 0 bridgehead atoms. The van der Waals surface area contributed by atoms with E-state index in [1.165, 1.54) is 18.2 Å². The molecule has 1 saturated carbocycles. The lowest BCUT2D eigenvalue weighted by Gasteiger charge is -2.15. The maximum absolute atomic E-state index is 15.2. The zero-order chi connectivity index (χ0) is 30.3. The van der Waals surface area contributed by atoms with Crippen LogP contribution in [0.2, 0.25) is 15.1 Å². The molecule has 42 heavy (non-hydrogen) atoms. The Bertz CT molecular complexity index is 1600. The van der Waals surface area contributed by atoms with Crippen molar-refractivity contribution in [3.63, 3.8) is 0 Å². The van der Waals surface area contributed by atoms with Crippen LogP contribution in [0.25, 0.3) is 0 Å². The van der Waals surface area contributed by atoms with E-state index in [0.717, 1.165) is 12.1 Å². The van der Waals surface area contributed by atoms with Crippen LogP contribution in [0.4, 0.5) is 25.8 Å². The Balaban J connectivity index is 1.30. The highest BCUT2D eigenvalue weighted by molar-refractivity contribution is 6.53. The number of alkyl halides is 2. The number of halogens is 7. The Morgan fingerprint density at radius 3 is 2.29 bits per heavy atom. The average molecular weight is 678 g/mol. The van der Waals surface area contributed by atoms with Crippen LogP contribution in [-0.4, -0.2) is 34.8 Å². The molecule has 5 rings (SSSR count). The molecule has 1 aliphatic heterocycles. The quantitative estimate of drug-likeness (QED) is 0.222. The zero-order valence-corrected chi connectivity index (χ0v) is 25.0. The Labute approximate surface area is 263 Å². The molecule has 3 amide bonds. The van der Waals surface area contributed by atoms with Gasteiger partial charge in [0, 0.05) is 18.2 Å². The summed E-state index contributed by atoms with van der Waals surface area (Å²) < 4.78 is 33.4. The number of anilines is 3. The predicted octanol–water partition coefficient (Wildman–Crippen LogP) is 7.82. The highest BCUT2D eigenvalue weighted by Gasteiger charge is 2.67. The number of hydrogen-bond acceptors (Lipinski definition) is 4. The van der Waals surface area contributed by atoms with Crippen molar-refractivity contribution in [2.75, 3.05) is 22.6 Å². The van der Waals surface area contributed by atoms with Gasteiger partial charge in [-0.15, -0.1) is 23.2 Å². The van der Waals surface area contributed by atoms with Crippen LogP contribution in [0.3, 0.4) is 0 Å². The largest absolute Gasteiger partial charge is 0.368 e. The van der Waals surface area contributed by atoms with Gasteiger partial charge in [0.15, 0.2) is 5.82 Å². The molecule has 2 unspecified atom stereocenters. The maximum Gasteiger partial charge on any atom is 0.257 e. The first-order valence-electron chi connectivity index (χ1n) is 12.5. The molecule has 220 valence electrons. The van der Waals surface area contributed by atoms with E-state index in [4.69, 9.17) is 62.7 Å². The highest BCUT2D eigenvalue weighted by Crippen LogP contribution is 2.65. The van der Waals surface area contributed by atoms with Gasteiger partial charge in [0.2, 0.25) is 5.91 Å². The van der Waals surface area contributed by atoms with Crippen LogP contribution < -0.4 is 16.0 Å². The van der Waals surface area contributed by atoms with E-state index in [2.05, 4.69) is 16.0 Å². The fraction of sp³-hybridized carbons (Fsp3) is 0.250. The molecule has 1 saturated heterocycles. The van der Waals surface area contributed by atoms with Gasteiger partial charge in [0.05, 0.1) is 32.2 Å². The maximum atomic E-state index is 15.2. The molecule has 3 aromatic rings. The fourth-order valence-corrected chi connectivity index (χ4v) is 6.05. The van der Waals surface area contributed by atoms with Crippen LogP contribution in [0, 0.1) is 17.6 Å². The van der Waals surface area contributed by atoms with Gasteiger partial charge in [-0.2, -0.15) is 0 Å². The highest BCUT2D eigenvalue weighted by atomic mass is 35.5. The van der Waals surface area contributed by atoms with Gasteiger partial charge in [-0.05, 0) is 60.9 Å². The summed E-state index contributed by atoms with van der Waals surface area (Å²) in [5.41, 5.74) is -0.457. The number of carbonyl (C=O) groups is 3. The van der Waals surface area contributed by atoms with E-state index in [1.807, 2.05) is 0 Å². The van der Waals surface area contributed by atoms with E-state index in [-0.39, 0.29) is 21.3 Å². The van der Waals surface area contributed by atoms with Crippen molar-refractivity contribution in [2.24, 2.45) is 5.92 Å². The topological polar surface area (TPSA) is 96.5 Å². The summed E-state index contributed by atoms with van der Waals surface area (Å²) in [6.07, 6.45) is 0.248. The molecule has 7 nitrogen and oxygen atoms in total. The normalized spacial score (nSPS) is 20.6. The van der Waals surface area contributed by atoms with Crippen molar-refractivity contribution < 1.29 is 27.9 Å². The Morgan fingerprint density at radius 2 is 1.60 bits per heavy atom. The van der Waals surface area contributed by atoms with Crippen molar-refractivity contribution in [2.45, 2.75) is 29.2 Å². The lowest BCUT2D eigenvalue weighted by molar-refractivity contribution is -0.124. The molecule has 1 heterocycles. The number of amides is 3. The van der Waals surface area contributed by atoms with Crippen LogP contribution in [-0.2, 0) is 14.3 Å². The second-order valence-corrected chi connectivity index (χ2v) is 12.4. The van der Waals surface area contributed by atoms with E-state index in [0.29, 0.717) is 30.0 Å². The van der Waals surface area contributed by atoms with Crippen molar-refractivity contribution >= 4 is 92.8 Å². The second-order valence-electron chi connectivity index (χ2n) is 9.72. The minimum absolute atomic E-state index is 0.0101. The summed E-state index contributed by atoms with van der Waals surface area (Å²) in [6, 6.07) is 10.8. The fourth-order valence-electron chi connectivity index (χ4n) is 4.71. The van der Waals surface area contributed by atoms with Crippen molar-refractivity contribution in [3.05, 3.63) is 86.4 Å². The molecule has 0 spiro atoms. The van der Waals surface area contributed by atoms with Crippen molar-refractivity contribution in [3.8, 4) is 0 Å². The molecule has 14 heteroatoms. The van der Waals surface area contributed by atoms with E-state index >= 15 is 4.39 Å². The van der Waals surface area contributed by atoms with Crippen molar-refractivity contribution in [1.82, 2.24) is 0 Å². The number of carbonyl (C=O) groups excluding carboxylic acids is 3. The van der Waals surface area contributed by atoms with Gasteiger partial charge in [-0.25, -0.2) is 8.78 Å². The molecular weight excluding hydrogens is 658 g/mol. The second kappa shape index (κ2) is 12.1. The molecule has 3 atom stereocenters. The lowest BCUT2D eigenvalue weighted by atomic mass is 10.1. The Morgan fingerprint density at radius 1 is 0.857 bits per heavy atom. The van der Waals surface area contributed by atoms with Crippen LogP contribution in [0.1, 0.15) is 34.7 Å². The average Bonchev–Trinajstić information content (AvgIpc) is 3.25. The van der Waals surface area contributed by atoms with Gasteiger partial charge in [-0.1, -0.05) is 40.9 Å². The number of nitrogens with one attached hydrogen (secondary N) is 3. The SMILES string of the molecule is O=C(Nc1ccc(F)c(NC(=O)C2CCCO2)c1F)c1cc(NC(=O)C2[C@H](c3ccc(Cl)c(Cl)c3)C2(Cl)Cl)ccc1Cl. The number of hydrogen-bond donors (Lipinski definition) is 3. The first kappa shape index (κ1) is 30.8. The standard InChI is InChI=1S/C28H20Cl5F2N3O4/c29-15-6-4-13(36-27(41)22-21(28(22,32)33)12-3-5-16(30)17(31)10-12)11-14(15)25(39)37-19-8-7-18(34)24(23(19)35)38-26(40)20-2-1-9-42-20/h3-8,10-11,20-22H,1-2,9H2,(H,36,41)(H,37,39)(H,38,40)/t20?,21-,22?/m0/s1. The number of rotatable bonds is 7. The Kier molecular flexibility index (Phi) is 8.90. The first-order valence-corrected chi connectivity index (χ1v) is 14.4. The third kappa shape index (κ3) is 6.18. The van der Waals surface area contributed by atoms with E-state index < -0.39 is 63.0 Å². The summed E-state index contributed by atoms with van der Waals surface area (Å²) in [7, 11) is 0.